The normalized spacial score (nSPS) is 11.1. The predicted octanol–water partition coefficient (Wildman–Crippen LogP) is 3.93. The third kappa shape index (κ3) is 1.93. The van der Waals surface area contributed by atoms with Gasteiger partial charge >= 0.3 is 0 Å². The van der Waals surface area contributed by atoms with Gasteiger partial charge in [-0.2, -0.15) is 9.49 Å². The molecule has 0 unspecified atom stereocenters. The van der Waals surface area contributed by atoms with Crippen molar-refractivity contribution >= 4 is 49.4 Å². The first-order valence-corrected chi connectivity index (χ1v) is 6.98. The van der Waals surface area contributed by atoms with Gasteiger partial charge in [-0.05, 0) is 56.7 Å². The second-order valence-corrected chi connectivity index (χ2v) is 5.55. The highest BCUT2D eigenvalue weighted by Crippen LogP contribution is 2.29. The van der Waals surface area contributed by atoms with Crippen LogP contribution in [0, 0.1) is 9.65 Å². The number of halogens is 3. The van der Waals surface area contributed by atoms with Crippen LogP contribution in [-0.4, -0.2) is 14.8 Å². The van der Waals surface area contributed by atoms with Crippen molar-refractivity contribution < 1.29 is 4.39 Å². The second-order valence-electron chi connectivity index (χ2n) is 3.68. The van der Waals surface area contributed by atoms with Crippen LogP contribution in [0.15, 0.2) is 41.0 Å². The van der Waals surface area contributed by atoms with Crippen LogP contribution in [0.1, 0.15) is 0 Å². The standard InChI is InChI=1S/C12H6BrFIN3/c13-9-3-1-2-8-11(9)18(17-12(8)15)7-4-5-10(14)16-6-7/h1-6H. The lowest BCUT2D eigenvalue weighted by atomic mass is 10.2. The Morgan fingerprint density at radius 2 is 2.06 bits per heavy atom. The summed E-state index contributed by atoms with van der Waals surface area (Å²) < 4.78 is 16.4. The number of fused-ring (bicyclic) bond motifs is 1. The van der Waals surface area contributed by atoms with Crippen LogP contribution in [0.25, 0.3) is 16.6 Å². The zero-order valence-corrected chi connectivity index (χ0v) is 12.7. The molecule has 3 aromatic rings. The average Bonchev–Trinajstić information content (AvgIpc) is 2.70. The smallest absolute Gasteiger partial charge is 0.212 e. The van der Waals surface area contributed by atoms with Crippen LogP contribution in [0.3, 0.4) is 0 Å². The number of para-hydroxylation sites is 1. The van der Waals surface area contributed by atoms with E-state index in [4.69, 9.17) is 0 Å². The van der Waals surface area contributed by atoms with Gasteiger partial charge in [0.2, 0.25) is 5.95 Å². The maximum atomic E-state index is 12.8. The zero-order valence-electron chi connectivity index (χ0n) is 8.94. The van der Waals surface area contributed by atoms with Gasteiger partial charge in [0.05, 0.1) is 17.4 Å². The van der Waals surface area contributed by atoms with E-state index in [1.165, 1.54) is 12.3 Å². The molecule has 3 nitrogen and oxygen atoms in total. The number of pyridine rings is 1. The van der Waals surface area contributed by atoms with Crippen molar-refractivity contribution in [3.05, 3.63) is 50.6 Å². The summed E-state index contributed by atoms with van der Waals surface area (Å²) in [6.07, 6.45) is 1.47. The van der Waals surface area contributed by atoms with Gasteiger partial charge in [0.1, 0.15) is 3.70 Å². The van der Waals surface area contributed by atoms with Gasteiger partial charge in [-0.1, -0.05) is 12.1 Å². The van der Waals surface area contributed by atoms with Crippen LogP contribution in [0.5, 0.6) is 0 Å². The monoisotopic (exact) mass is 417 g/mol. The first-order valence-electron chi connectivity index (χ1n) is 5.11. The Morgan fingerprint density at radius 1 is 1.22 bits per heavy atom. The lowest BCUT2D eigenvalue weighted by Crippen LogP contribution is -1.98. The number of nitrogens with zero attached hydrogens (tertiary/aromatic N) is 3. The summed E-state index contributed by atoms with van der Waals surface area (Å²) in [5, 5.41) is 5.51. The van der Waals surface area contributed by atoms with Crippen molar-refractivity contribution in [2.75, 3.05) is 0 Å². The molecule has 0 aliphatic heterocycles. The minimum atomic E-state index is -0.496. The molecule has 0 radical (unpaired) electrons. The molecule has 2 heterocycles. The fourth-order valence-electron chi connectivity index (χ4n) is 1.77. The number of hydrogen-bond acceptors (Lipinski definition) is 2. The molecule has 0 N–H and O–H groups in total. The molecular weight excluding hydrogens is 412 g/mol. The molecule has 0 saturated carbocycles. The Morgan fingerprint density at radius 3 is 2.78 bits per heavy atom. The van der Waals surface area contributed by atoms with E-state index in [0.717, 1.165) is 24.8 Å². The Bertz CT molecular complexity index is 724. The summed E-state index contributed by atoms with van der Waals surface area (Å²) >= 11 is 5.70. The zero-order chi connectivity index (χ0) is 12.7. The van der Waals surface area contributed by atoms with E-state index in [1.807, 2.05) is 18.2 Å². The molecule has 0 bridgehead atoms. The van der Waals surface area contributed by atoms with Crippen LogP contribution in [0.4, 0.5) is 4.39 Å². The first-order chi connectivity index (χ1) is 8.66. The Kier molecular flexibility index (Phi) is 3.06. The van der Waals surface area contributed by atoms with E-state index < -0.39 is 5.95 Å². The summed E-state index contributed by atoms with van der Waals surface area (Å²) in [4.78, 5) is 3.66. The van der Waals surface area contributed by atoms with Crippen molar-refractivity contribution in [3.8, 4) is 5.69 Å². The predicted molar refractivity (Wildman–Crippen MR) is 79.2 cm³/mol. The quantitative estimate of drug-likeness (QED) is 0.443. The number of hydrogen-bond donors (Lipinski definition) is 0. The first kappa shape index (κ1) is 12.0. The maximum absolute atomic E-state index is 12.8. The highest BCUT2D eigenvalue weighted by molar-refractivity contribution is 14.1. The molecule has 0 spiro atoms. The van der Waals surface area contributed by atoms with Crippen molar-refractivity contribution in [1.82, 2.24) is 14.8 Å². The van der Waals surface area contributed by atoms with Gasteiger partial charge in [-0.15, -0.1) is 0 Å². The van der Waals surface area contributed by atoms with E-state index in [9.17, 15) is 4.39 Å². The van der Waals surface area contributed by atoms with Gasteiger partial charge in [-0.3, -0.25) is 0 Å². The van der Waals surface area contributed by atoms with Crippen LogP contribution in [0.2, 0.25) is 0 Å². The highest BCUT2D eigenvalue weighted by Gasteiger charge is 2.12. The molecule has 0 fully saturated rings. The Balaban J connectivity index is 2.32. The molecule has 0 amide bonds. The minimum Gasteiger partial charge on any atom is -0.229 e. The molecule has 6 heteroatoms. The summed E-state index contributed by atoms with van der Waals surface area (Å²) in [6.45, 7) is 0. The van der Waals surface area contributed by atoms with Crippen molar-refractivity contribution in [3.63, 3.8) is 0 Å². The van der Waals surface area contributed by atoms with Gasteiger partial charge in [0.25, 0.3) is 0 Å². The third-order valence-corrected chi connectivity index (χ3v) is 4.00. The van der Waals surface area contributed by atoms with E-state index in [-0.39, 0.29) is 0 Å². The minimum absolute atomic E-state index is 0.496. The molecule has 18 heavy (non-hydrogen) atoms. The fraction of sp³-hybridized carbons (Fsp3) is 0. The molecule has 3 rings (SSSR count). The van der Waals surface area contributed by atoms with Gasteiger partial charge in [0, 0.05) is 9.86 Å². The molecule has 0 saturated heterocycles. The van der Waals surface area contributed by atoms with Crippen molar-refractivity contribution in [2.24, 2.45) is 0 Å². The third-order valence-electron chi connectivity index (χ3n) is 2.56. The topological polar surface area (TPSA) is 30.7 Å². The summed E-state index contributed by atoms with van der Waals surface area (Å²) in [6, 6.07) is 8.90. The lowest BCUT2D eigenvalue weighted by molar-refractivity contribution is 0.582. The molecule has 1 aromatic carbocycles. The van der Waals surface area contributed by atoms with Crippen LogP contribution in [-0.2, 0) is 0 Å². The summed E-state index contributed by atoms with van der Waals surface area (Å²) in [5.74, 6) is -0.496. The van der Waals surface area contributed by atoms with Crippen molar-refractivity contribution in [2.45, 2.75) is 0 Å². The molecule has 0 aliphatic carbocycles. The molecule has 0 atom stereocenters. The molecule has 2 aromatic heterocycles. The van der Waals surface area contributed by atoms with Gasteiger partial charge in [-0.25, -0.2) is 9.67 Å². The number of rotatable bonds is 1. The van der Waals surface area contributed by atoms with E-state index in [2.05, 4.69) is 48.6 Å². The Labute approximate surface area is 124 Å². The van der Waals surface area contributed by atoms with Crippen LogP contribution >= 0.6 is 38.5 Å². The van der Waals surface area contributed by atoms with Crippen molar-refractivity contribution in [1.29, 1.82) is 0 Å². The Hall–Kier alpha value is -1.02. The molecule has 90 valence electrons. The summed E-state index contributed by atoms with van der Waals surface area (Å²) in [5.41, 5.74) is 1.69. The van der Waals surface area contributed by atoms with E-state index in [1.54, 1.807) is 10.7 Å². The number of aromatic nitrogens is 3. The van der Waals surface area contributed by atoms with Gasteiger partial charge < -0.3 is 0 Å². The second kappa shape index (κ2) is 4.58. The fourth-order valence-corrected chi connectivity index (χ4v) is 2.95. The average molecular weight is 418 g/mol. The highest BCUT2D eigenvalue weighted by atomic mass is 127. The SMILES string of the molecule is Fc1ccc(-n2nc(I)c3cccc(Br)c32)cn1. The molecule has 0 aliphatic rings. The lowest BCUT2D eigenvalue weighted by Gasteiger charge is -2.03. The van der Waals surface area contributed by atoms with Gasteiger partial charge in [0.15, 0.2) is 0 Å². The van der Waals surface area contributed by atoms with Crippen LogP contribution < -0.4 is 0 Å². The van der Waals surface area contributed by atoms with E-state index in [0.29, 0.717) is 0 Å². The maximum Gasteiger partial charge on any atom is 0.212 e. The van der Waals surface area contributed by atoms with E-state index >= 15 is 0 Å². The molecular formula is C12H6BrFIN3. The summed E-state index contributed by atoms with van der Waals surface area (Å²) in [7, 11) is 0. The largest absolute Gasteiger partial charge is 0.229 e. The number of benzene rings is 1.